The SMILES string of the molecule is CC(C)(C)[Si](C)(C)OC[C@@H](NC(=O)c1ccccc1)[C@@H](/C=C/CCl)O[Si](C)(C)C(C)(C)C. The highest BCUT2D eigenvalue weighted by atomic mass is 35.5. The van der Waals surface area contributed by atoms with Crippen molar-refractivity contribution in [3.05, 3.63) is 48.0 Å². The van der Waals surface area contributed by atoms with Crippen LogP contribution in [0.1, 0.15) is 51.9 Å². The minimum atomic E-state index is -2.11. The average Bonchev–Trinajstić information content (AvgIpc) is 2.67. The van der Waals surface area contributed by atoms with Gasteiger partial charge in [-0.1, -0.05) is 71.9 Å². The predicted molar refractivity (Wildman–Crippen MR) is 143 cm³/mol. The van der Waals surface area contributed by atoms with E-state index >= 15 is 0 Å². The van der Waals surface area contributed by atoms with Crippen molar-refractivity contribution in [2.45, 2.75) is 90.0 Å². The van der Waals surface area contributed by atoms with Crippen LogP contribution in [0.4, 0.5) is 0 Å². The van der Waals surface area contributed by atoms with Gasteiger partial charge < -0.3 is 14.2 Å². The van der Waals surface area contributed by atoms with Crippen LogP contribution in [0.15, 0.2) is 42.5 Å². The maximum Gasteiger partial charge on any atom is 0.251 e. The minimum absolute atomic E-state index is 0.0360. The van der Waals surface area contributed by atoms with Crippen LogP contribution in [-0.2, 0) is 8.85 Å². The summed E-state index contributed by atoms with van der Waals surface area (Å²) in [6.07, 6.45) is 3.55. The van der Waals surface area contributed by atoms with Crippen molar-refractivity contribution in [1.82, 2.24) is 5.32 Å². The fourth-order valence-electron chi connectivity index (χ4n) is 2.53. The summed E-state index contributed by atoms with van der Waals surface area (Å²) in [5, 5.41) is 3.31. The summed E-state index contributed by atoms with van der Waals surface area (Å²) in [5.41, 5.74) is 0.622. The molecule has 0 spiro atoms. The van der Waals surface area contributed by atoms with Gasteiger partial charge in [-0.25, -0.2) is 0 Å². The van der Waals surface area contributed by atoms with E-state index in [1.54, 1.807) is 0 Å². The predicted octanol–water partition coefficient (Wildman–Crippen LogP) is 6.99. The van der Waals surface area contributed by atoms with E-state index in [0.717, 1.165) is 0 Å². The first-order valence-electron chi connectivity index (χ1n) is 11.4. The summed E-state index contributed by atoms with van der Waals surface area (Å²) in [5.74, 6) is 0.261. The standard InChI is InChI=1S/C25H44ClNO3Si2/c1-24(2,3)31(7,8)29-19-21(27-23(28)20-15-12-11-13-16-20)22(17-14-18-26)30-32(9,10)25(4,5)6/h11-17,21-22H,18-19H2,1-10H3,(H,27,28)/b17-14+/t21-,22-/m1/s1. The Morgan fingerprint density at radius 3 is 2.00 bits per heavy atom. The number of carbonyl (C=O) groups is 1. The zero-order valence-electron chi connectivity index (χ0n) is 21.7. The van der Waals surface area contributed by atoms with Crippen LogP contribution in [0, 0.1) is 0 Å². The summed E-state index contributed by atoms with van der Waals surface area (Å²) in [6.45, 7) is 22.6. The van der Waals surface area contributed by atoms with Gasteiger partial charge in [0.1, 0.15) is 0 Å². The lowest BCUT2D eigenvalue weighted by Gasteiger charge is -2.42. The third-order valence-corrected chi connectivity index (χ3v) is 16.0. The summed E-state index contributed by atoms with van der Waals surface area (Å²) in [4.78, 5) is 13.1. The van der Waals surface area contributed by atoms with E-state index in [-0.39, 0.29) is 28.1 Å². The van der Waals surface area contributed by atoms with Gasteiger partial charge in [-0.2, -0.15) is 0 Å². The van der Waals surface area contributed by atoms with Crippen molar-refractivity contribution in [3.8, 4) is 0 Å². The topological polar surface area (TPSA) is 47.6 Å². The lowest BCUT2D eigenvalue weighted by Crippen LogP contribution is -2.54. The molecule has 0 unspecified atom stereocenters. The van der Waals surface area contributed by atoms with Crippen LogP contribution >= 0.6 is 11.6 Å². The molecule has 0 fully saturated rings. The molecular formula is C25H44ClNO3Si2. The Kier molecular flexibility index (Phi) is 10.4. The number of carbonyl (C=O) groups excluding carboxylic acids is 1. The van der Waals surface area contributed by atoms with Gasteiger partial charge in [0.2, 0.25) is 0 Å². The quantitative estimate of drug-likeness (QED) is 0.215. The van der Waals surface area contributed by atoms with Crippen LogP contribution in [0.5, 0.6) is 0 Å². The van der Waals surface area contributed by atoms with Gasteiger partial charge in [-0.15, -0.1) is 11.6 Å². The molecular weight excluding hydrogens is 454 g/mol. The van der Waals surface area contributed by atoms with Gasteiger partial charge in [0, 0.05) is 11.4 Å². The minimum Gasteiger partial charge on any atom is -0.415 e. The highest BCUT2D eigenvalue weighted by Crippen LogP contribution is 2.39. The number of amides is 1. The van der Waals surface area contributed by atoms with Crippen molar-refractivity contribution < 1.29 is 13.6 Å². The Bertz CT molecular complexity index is 753. The maximum absolute atomic E-state index is 13.1. The van der Waals surface area contributed by atoms with E-state index in [0.29, 0.717) is 18.1 Å². The molecule has 1 aromatic carbocycles. The lowest BCUT2D eigenvalue weighted by atomic mass is 10.1. The first-order chi connectivity index (χ1) is 14.5. The van der Waals surface area contributed by atoms with Crippen LogP contribution in [0.2, 0.25) is 36.3 Å². The van der Waals surface area contributed by atoms with Gasteiger partial charge in [-0.3, -0.25) is 4.79 Å². The molecule has 7 heteroatoms. The van der Waals surface area contributed by atoms with E-state index < -0.39 is 16.6 Å². The molecule has 1 N–H and O–H groups in total. The molecule has 182 valence electrons. The summed E-state index contributed by atoms with van der Waals surface area (Å²) >= 11 is 5.98. The Morgan fingerprint density at radius 1 is 1.00 bits per heavy atom. The largest absolute Gasteiger partial charge is 0.415 e. The monoisotopic (exact) mass is 497 g/mol. The molecule has 0 radical (unpaired) electrons. The number of allylic oxidation sites excluding steroid dienone is 1. The maximum atomic E-state index is 13.1. The molecule has 0 bridgehead atoms. The highest BCUT2D eigenvalue weighted by Gasteiger charge is 2.42. The Balaban J connectivity index is 3.27. The number of hydrogen-bond donors (Lipinski definition) is 1. The van der Waals surface area contributed by atoms with Crippen LogP contribution in [0.3, 0.4) is 0 Å². The second-order valence-electron chi connectivity index (χ2n) is 11.4. The first kappa shape index (κ1) is 29.1. The molecule has 0 saturated carbocycles. The van der Waals surface area contributed by atoms with Gasteiger partial charge in [0.05, 0.1) is 18.8 Å². The molecule has 1 amide bonds. The van der Waals surface area contributed by atoms with Crippen molar-refractivity contribution in [2.75, 3.05) is 12.5 Å². The molecule has 0 aliphatic rings. The van der Waals surface area contributed by atoms with Crippen molar-refractivity contribution in [3.63, 3.8) is 0 Å². The summed E-state index contributed by atoms with van der Waals surface area (Å²) in [7, 11) is -4.13. The van der Waals surface area contributed by atoms with E-state index in [9.17, 15) is 4.79 Å². The highest BCUT2D eigenvalue weighted by molar-refractivity contribution is 6.74. The number of benzene rings is 1. The van der Waals surface area contributed by atoms with E-state index in [4.69, 9.17) is 20.5 Å². The number of rotatable bonds is 10. The van der Waals surface area contributed by atoms with Gasteiger partial charge in [0.15, 0.2) is 16.6 Å². The Labute approximate surface area is 203 Å². The number of nitrogens with one attached hydrogen (secondary N) is 1. The molecule has 0 saturated heterocycles. The molecule has 0 aliphatic heterocycles. The Hall–Kier alpha value is -0.926. The first-order valence-corrected chi connectivity index (χ1v) is 17.8. The van der Waals surface area contributed by atoms with Crippen LogP contribution in [-0.4, -0.2) is 47.2 Å². The molecule has 1 aromatic rings. The molecule has 4 nitrogen and oxygen atoms in total. The third-order valence-electron chi connectivity index (χ3n) is 6.83. The molecule has 0 aliphatic carbocycles. The van der Waals surface area contributed by atoms with Crippen molar-refractivity contribution in [1.29, 1.82) is 0 Å². The average molecular weight is 498 g/mol. The van der Waals surface area contributed by atoms with Crippen LogP contribution < -0.4 is 5.32 Å². The summed E-state index contributed by atoms with van der Waals surface area (Å²) in [6, 6.07) is 8.95. The zero-order chi connectivity index (χ0) is 24.8. The van der Waals surface area contributed by atoms with E-state index in [1.807, 2.05) is 42.5 Å². The van der Waals surface area contributed by atoms with Gasteiger partial charge in [-0.05, 0) is 48.4 Å². The summed E-state index contributed by atoms with van der Waals surface area (Å²) < 4.78 is 13.3. The number of hydrogen-bond acceptors (Lipinski definition) is 3. The fraction of sp³-hybridized carbons (Fsp3) is 0.640. The Morgan fingerprint density at radius 2 is 1.53 bits per heavy atom. The third kappa shape index (κ3) is 8.45. The smallest absolute Gasteiger partial charge is 0.251 e. The van der Waals surface area contributed by atoms with Crippen molar-refractivity contribution in [2.24, 2.45) is 0 Å². The molecule has 0 heterocycles. The molecule has 0 aromatic heterocycles. The lowest BCUT2D eigenvalue weighted by molar-refractivity contribution is 0.0833. The normalized spacial score (nSPS) is 15.6. The van der Waals surface area contributed by atoms with Crippen molar-refractivity contribution >= 4 is 34.1 Å². The van der Waals surface area contributed by atoms with Crippen LogP contribution in [0.25, 0.3) is 0 Å². The molecule has 2 atom stereocenters. The second kappa shape index (κ2) is 11.5. The molecule has 1 rings (SSSR count). The van der Waals surface area contributed by atoms with Gasteiger partial charge in [0.25, 0.3) is 5.91 Å². The van der Waals surface area contributed by atoms with Gasteiger partial charge >= 0.3 is 0 Å². The second-order valence-corrected chi connectivity index (χ2v) is 21.3. The number of halogens is 1. The molecule has 32 heavy (non-hydrogen) atoms. The van der Waals surface area contributed by atoms with E-state index in [2.05, 4.69) is 73.0 Å². The zero-order valence-corrected chi connectivity index (χ0v) is 24.5. The fourth-order valence-corrected chi connectivity index (χ4v) is 4.94. The number of alkyl halides is 1. The van der Waals surface area contributed by atoms with E-state index in [1.165, 1.54) is 0 Å².